The first-order chi connectivity index (χ1) is 5.69. The van der Waals surface area contributed by atoms with Gasteiger partial charge < -0.3 is 5.73 Å². The van der Waals surface area contributed by atoms with Crippen molar-refractivity contribution in [2.75, 3.05) is 0 Å². The topological polar surface area (TPSA) is 43.1 Å². The summed E-state index contributed by atoms with van der Waals surface area (Å²) < 4.78 is 25.0. The molecular weight excluding hydrogens is 164 g/mol. The molecule has 2 N–H and O–H groups in total. The van der Waals surface area contributed by atoms with E-state index in [1.54, 1.807) is 0 Å². The first-order valence-electron chi connectivity index (χ1n) is 3.32. The predicted molar refractivity (Wildman–Crippen MR) is 39.6 cm³/mol. The molecule has 1 rings (SSSR count). The molecule has 0 saturated carbocycles. The van der Waals surface area contributed by atoms with E-state index in [-0.39, 0.29) is 12.1 Å². The molecule has 0 radical (unpaired) electrons. The molecule has 0 unspecified atom stereocenters. The summed E-state index contributed by atoms with van der Waals surface area (Å²) in [7, 11) is 0. The van der Waals surface area contributed by atoms with E-state index in [2.05, 4.69) is 0 Å². The summed E-state index contributed by atoms with van der Waals surface area (Å²) in [6.07, 6.45) is 0.449. The van der Waals surface area contributed by atoms with Gasteiger partial charge in [0.1, 0.15) is 6.29 Å². The third kappa shape index (κ3) is 1.48. The number of hydrogen-bond donors (Lipinski definition) is 1. The lowest BCUT2D eigenvalue weighted by Crippen LogP contribution is -2.03. The van der Waals surface area contributed by atoms with E-state index >= 15 is 0 Å². The van der Waals surface area contributed by atoms with Crippen molar-refractivity contribution >= 4 is 6.29 Å². The highest BCUT2D eigenvalue weighted by Crippen LogP contribution is 2.12. The number of hydrogen-bond acceptors (Lipinski definition) is 2. The number of carbonyl (C=O) groups excluding carboxylic acids is 1. The Labute approximate surface area is 68.0 Å². The van der Waals surface area contributed by atoms with Gasteiger partial charge in [-0.2, -0.15) is 0 Å². The Morgan fingerprint density at radius 3 is 2.42 bits per heavy atom. The van der Waals surface area contributed by atoms with Crippen LogP contribution in [0.4, 0.5) is 8.78 Å². The molecular formula is C8H7F2NO. The average Bonchev–Trinajstić information content (AvgIpc) is 2.09. The Hall–Kier alpha value is -1.29. The second-order valence-corrected chi connectivity index (χ2v) is 2.29. The van der Waals surface area contributed by atoms with E-state index in [0.717, 1.165) is 12.1 Å². The van der Waals surface area contributed by atoms with E-state index in [9.17, 15) is 13.6 Å². The zero-order chi connectivity index (χ0) is 9.14. The van der Waals surface area contributed by atoms with Crippen molar-refractivity contribution in [2.45, 2.75) is 6.54 Å². The second-order valence-electron chi connectivity index (χ2n) is 2.29. The SMILES string of the molecule is NCc1cc(F)c(F)cc1C=O. The van der Waals surface area contributed by atoms with Gasteiger partial charge in [-0.15, -0.1) is 0 Å². The van der Waals surface area contributed by atoms with Crippen molar-refractivity contribution in [1.29, 1.82) is 0 Å². The van der Waals surface area contributed by atoms with Gasteiger partial charge in [0, 0.05) is 12.1 Å². The number of carbonyl (C=O) groups is 1. The molecule has 1 aromatic carbocycles. The second kappa shape index (κ2) is 3.40. The quantitative estimate of drug-likeness (QED) is 0.680. The van der Waals surface area contributed by atoms with Crippen molar-refractivity contribution < 1.29 is 13.6 Å². The Bertz CT molecular complexity index is 312. The van der Waals surface area contributed by atoms with Gasteiger partial charge in [0.15, 0.2) is 11.6 Å². The molecule has 0 amide bonds. The van der Waals surface area contributed by atoms with E-state index in [1.807, 2.05) is 0 Å². The zero-order valence-corrected chi connectivity index (χ0v) is 6.18. The van der Waals surface area contributed by atoms with E-state index in [4.69, 9.17) is 5.73 Å². The molecule has 0 bridgehead atoms. The predicted octanol–water partition coefficient (Wildman–Crippen LogP) is 1.24. The van der Waals surface area contributed by atoms with Gasteiger partial charge in [0.05, 0.1) is 0 Å². The molecule has 0 aliphatic rings. The molecule has 12 heavy (non-hydrogen) atoms. The van der Waals surface area contributed by atoms with Gasteiger partial charge in [-0.1, -0.05) is 0 Å². The van der Waals surface area contributed by atoms with Crippen LogP contribution in [0.25, 0.3) is 0 Å². The Balaban J connectivity index is 3.28. The first kappa shape index (κ1) is 8.80. The van der Waals surface area contributed by atoms with Crippen molar-refractivity contribution in [3.8, 4) is 0 Å². The summed E-state index contributed by atoms with van der Waals surface area (Å²) in [5.41, 5.74) is 5.60. The molecule has 4 heteroatoms. The fourth-order valence-electron chi connectivity index (χ4n) is 0.890. The third-order valence-electron chi connectivity index (χ3n) is 1.53. The summed E-state index contributed by atoms with van der Waals surface area (Å²) >= 11 is 0. The Morgan fingerprint density at radius 1 is 1.33 bits per heavy atom. The molecule has 0 aromatic heterocycles. The standard InChI is InChI=1S/C8H7F2NO/c9-7-1-5(3-11)6(4-12)2-8(7)10/h1-2,4H,3,11H2. The molecule has 2 nitrogen and oxygen atoms in total. The van der Waals surface area contributed by atoms with Crippen LogP contribution in [0.15, 0.2) is 12.1 Å². The maximum Gasteiger partial charge on any atom is 0.159 e. The van der Waals surface area contributed by atoms with E-state index in [0.29, 0.717) is 11.8 Å². The number of rotatable bonds is 2. The van der Waals surface area contributed by atoms with Gasteiger partial charge >= 0.3 is 0 Å². The minimum absolute atomic E-state index is 0.0191. The largest absolute Gasteiger partial charge is 0.326 e. The van der Waals surface area contributed by atoms with E-state index in [1.165, 1.54) is 0 Å². The fraction of sp³-hybridized carbons (Fsp3) is 0.125. The lowest BCUT2D eigenvalue weighted by molar-refractivity contribution is 0.112. The highest BCUT2D eigenvalue weighted by Gasteiger charge is 2.07. The first-order valence-corrected chi connectivity index (χ1v) is 3.32. The van der Waals surface area contributed by atoms with Crippen LogP contribution >= 0.6 is 0 Å². The minimum Gasteiger partial charge on any atom is -0.326 e. The zero-order valence-electron chi connectivity index (χ0n) is 6.18. The van der Waals surface area contributed by atoms with Crippen LogP contribution in [-0.2, 0) is 6.54 Å². The fourth-order valence-corrected chi connectivity index (χ4v) is 0.890. The van der Waals surface area contributed by atoms with Crippen LogP contribution in [0.3, 0.4) is 0 Å². The third-order valence-corrected chi connectivity index (χ3v) is 1.53. The maximum absolute atomic E-state index is 12.5. The smallest absolute Gasteiger partial charge is 0.159 e. The molecule has 0 heterocycles. The molecule has 64 valence electrons. The Morgan fingerprint density at radius 2 is 1.92 bits per heavy atom. The van der Waals surface area contributed by atoms with Crippen LogP contribution in [0, 0.1) is 11.6 Å². The van der Waals surface area contributed by atoms with Gasteiger partial charge in [-0.25, -0.2) is 8.78 Å². The summed E-state index contributed by atoms with van der Waals surface area (Å²) in [4.78, 5) is 10.3. The van der Waals surface area contributed by atoms with Crippen LogP contribution in [0.1, 0.15) is 15.9 Å². The van der Waals surface area contributed by atoms with E-state index < -0.39 is 11.6 Å². The number of halogens is 2. The van der Waals surface area contributed by atoms with Gasteiger partial charge in [-0.05, 0) is 17.7 Å². The highest BCUT2D eigenvalue weighted by molar-refractivity contribution is 5.77. The lowest BCUT2D eigenvalue weighted by Gasteiger charge is -2.01. The number of benzene rings is 1. The summed E-state index contributed by atoms with van der Waals surface area (Å²) in [5, 5.41) is 0. The maximum atomic E-state index is 12.5. The van der Waals surface area contributed by atoms with Crippen LogP contribution in [-0.4, -0.2) is 6.29 Å². The normalized spacial score (nSPS) is 9.92. The minimum atomic E-state index is -1.03. The average molecular weight is 171 g/mol. The number of nitrogens with two attached hydrogens (primary N) is 1. The summed E-state index contributed by atoms with van der Waals surface area (Å²) in [5.74, 6) is -2.02. The summed E-state index contributed by atoms with van der Waals surface area (Å²) in [6, 6.07) is 1.77. The number of aldehydes is 1. The van der Waals surface area contributed by atoms with Crippen LogP contribution < -0.4 is 5.73 Å². The van der Waals surface area contributed by atoms with Gasteiger partial charge in [-0.3, -0.25) is 4.79 Å². The van der Waals surface area contributed by atoms with Crippen molar-refractivity contribution in [1.82, 2.24) is 0 Å². The summed E-state index contributed by atoms with van der Waals surface area (Å²) in [6.45, 7) is 0.0191. The van der Waals surface area contributed by atoms with Crippen molar-refractivity contribution in [2.24, 2.45) is 5.73 Å². The molecule has 0 aliphatic carbocycles. The lowest BCUT2D eigenvalue weighted by atomic mass is 10.1. The molecule has 0 aliphatic heterocycles. The molecule has 0 saturated heterocycles. The van der Waals surface area contributed by atoms with Crippen LogP contribution in [0.2, 0.25) is 0 Å². The molecule has 0 spiro atoms. The molecule has 1 aromatic rings. The highest BCUT2D eigenvalue weighted by atomic mass is 19.2. The van der Waals surface area contributed by atoms with Crippen molar-refractivity contribution in [3.63, 3.8) is 0 Å². The molecule has 0 atom stereocenters. The van der Waals surface area contributed by atoms with Crippen LogP contribution in [0.5, 0.6) is 0 Å². The monoisotopic (exact) mass is 171 g/mol. The van der Waals surface area contributed by atoms with Gasteiger partial charge in [0.25, 0.3) is 0 Å². The molecule has 0 fully saturated rings. The van der Waals surface area contributed by atoms with Gasteiger partial charge in [0.2, 0.25) is 0 Å². The van der Waals surface area contributed by atoms with Crippen molar-refractivity contribution in [3.05, 3.63) is 34.9 Å². The Kier molecular flexibility index (Phi) is 2.50.